The van der Waals surface area contributed by atoms with Crippen LogP contribution in [-0.4, -0.2) is 20.9 Å². The molecule has 2 aromatic carbocycles. The Balaban J connectivity index is 1.63. The van der Waals surface area contributed by atoms with Crippen LogP contribution in [0.2, 0.25) is 0 Å². The fraction of sp³-hybridized carbons (Fsp3) is 0.235. The summed E-state index contributed by atoms with van der Waals surface area (Å²) in [5, 5.41) is 2.78. The van der Waals surface area contributed by atoms with Crippen LogP contribution in [0.4, 0.5) is 5.69 Å². The van der Waals surface area contributed by atoms with E-state index in [2.05, 4.69) is 10.0 Å². The summed E-state index contributed by atoms with van der Waals surface area (Å²) in [6.07, 6.45) is 0.963. The highest BCUT2D eigenvalue weighted by molar-refractivity contribution is 7.89. The predicted molar refractivity (Wildman–Crippen MR) is 88.8 cm³/mol. The minimum atomic E-state index is -3.49. The Kier molecular flexibility index (Phi) is 4.19. The van der Waals surface area contributed by atoms with Gasteiger partial charge in [0, 0.05) is 12.2 Å². The summed E-state index contributed by atoms with van der Waals surface area (Å²) in [6, 6.07) is 12.6. The van der Waals surface area contributed by atoms with Crippen molar-refractivity contribution in [2.45, 2.75) is 24.7 Å². The Bertz CT molecular complexity index is 860. The molecular formula is C17H18N2O3S. The van der Waals surface area contributed by atoms with Crippen molar-refractivity contribution in [1.29, 1.82) is 0 Å². The maximum Gasteiger partial charge on any atom is 0.240 e. The van der Waals surface area contributed by atoms with Gasteiger partial charge in [0.25, 0.3) is 0 Å². The first-order valence-electron chi connectivity index (χ1n) is 7.42. The molecule has 1 aliphatic rings. The molecule has 2 aromatic rings. The van der Waals surface area contributed by atoms with Gasteiger partial charge in [-0.3, -0.25) is 4.79 Å². The molecule has 1 aliphatic heterocycles. The summed E-state index contributed by atoms with van der Waals surface area (Å²) in [5.74, 6) is -0.00250. The van der Waals surface area contributed by atoms with Gasteiger partial charge in [-0.15, -0.1) is 0 Å². The number of fused-ring (bicyclic) bond motifs is 1. The molecule has 5 nitrogen and oxygen atoms in total. The van der Waals surface area contributed by atoms with Crippen LogP contribution in [0.1, 0.15) is 16.7 Å². The Morgan fingerprint density at radius 2 is 2.00 bits per heavy atom. The SMILES string of the molecule is Cc1cccc(S(=O)(=O)NCCc2ccc3c(c2)CC(=O)N3)c1. The van der Waals surface area contributed by atoms with Crippen LogP contribution >= 0.6 is 0 Å². The van der Waals surface area contributed by atoms with Gasteiger partial charge in [0.2, 0.25) is 15.9 Å². The molecule has 0 unspecified atom stereocenters. The molecule has 0 atom stereocenters. The first-order valence-corrected chi connectivity index (χ1v) is 8.90. The van der Waals surface area contributed by atoms with Crippen LogP contribution in [0, 0.1) is 6.92 Å². The number of hydrogen-bond donors (Lipinski definition) is 2. The van der Waals surface area contributed by atoms with Crippen molar-refractivity contribution in [1.82, 2.24) is 4.72 Å². The number of hydrogen-bond acceptors (Lipinski definition) is 3. The van der Waals surface area contributed by atoms with Crippen LogP contribution in [0.5, 0.6) is 0 Å². The fourth-order valence-electron chi connectivity index (χ4n) is 2.63. The smallest absolute Gasteiger partial charge is 0.240 e. The van der Waals surface area contributed by atoms with E-state index in [1.807, 2.05) is 31.2 Å². The Morgan fingerprint density at radius 3 is 2.78 bits per heavy atom. The third kappa shape index (κ3) is 3.60. The zero-order valence-electron chi connectivity index (χ0n) is 12.8. The van der Waals surface area contributed by atoms with Gasteiger partial charge in [0.05, 0.1) is 11.3 Å². The number of amides is 1. The average Bonchev–Trinajstić information content (AvgIpc) is 2.86. The van der Waals surface area contributed by atoms with Crippen LogP contribution in [0.15, 0.2) is 47.4 Å². The van der Waals surface area contributed by atoms with E-state index in [-0.39, 0.29) is 10.8 Å². The first-order chi connectivity index (χ1) is 10.9. The zero-order valence-corrected chi connectivity index (χ0v) is 13.6. The molecule has 0 bridgehead atoms. The number of carbonyl (C=O) groups excluding carboxylic acids is 1. The molecule has 1 amide bonds. The lowest BCUT2D eigenvalue weighted by Crippen LogP contribution is -2.26. The van der Waals surface area contributed by atoms with Crippen molar-refractivity contribution in [2.24, 2.45) is 0 Å². The first kappa shape index (κ1) is 15.7. The molecule has 0 radical (unpaired) electrons. The van der Waals surface area contributed by atoms with E-state index in [4.69, 9.17) is 0 Å². The minimum Gasteiger partial charge on any atom is -0.326 e. The summed E-state index contributed by atoms with van der Waals surface area (Å²) >= 11 is 0. The van der Waals surface area contributed by atoms with Crippen molar-refractivity contribution < 1.29 is 13.2 Å². The van der Waals surface area contributed by atoms with Gasteiger partial charge in [-0.2, -0.15) is 0 Å². The molecule has 6 heteroatoms. The molecule has 0 saturated heterocycles. The van der Waals surface area contributed by atoms with Gasteiger partial charge in [0.1, 0.15) is 0 Å². The van der Waals surface area contributed by atoms with Crippen LogP contribution < -0.4 is 10.0 Å². The molecule has 2 N–H and O–H groups in total. The second-order valence-electron chi connectivity index (χ2n) is 5.68. The lowest BCUT2D eigenvalue weighted by Gasteiger charge is -2.08. The van der Waals surface area contributed by atoms with Crippen LogP contribution in [-0.2, 0) is 27.7 Å². The molecular weight excluding hydrogens is 312 g/mol. The van der Waals surface area contributed by atoms with E-state index in [0.29, 0.717) is 19.4 Å². The summed E-state index contributed by atoms with van der Waals surface area (Å²) in [4.78, 5) is 11.6. The average molecular weight is 330 g/mol. The highest BCUT2D eigenvalue weighted by Crippen LogP contribution is 2.24. The van der Waals surface area contributed by atoms with Crippen LogP contribution in [0.3, 0.4) is 0 Å². The fourth-order valence-corrected chi connectivity index (χ4v) is 3.77. The maximum atomic E-state index is 12.2. The summed E-state index contributed by atoms with van der Waals surface area (Å²) in [7, 11) is -3.49. The largest absolute Gasteiger partial charge is 0.326 e. The van der Waals surface area contributed by atoms with E-state index >= 15 is 0 Å². The number of anilines is 1. The minimum absolute atomic E-state index is 0.00250. The summed E-state index contributed by atoms with van der Waals surface area (Å²) in [5.41, 5.74) is 3.73. The zero-order chi connectivity index (χ0) is 16.4. The molecule has 1 heterocycles. The second-order valence-corrected chi connectivity index (χ2v) is 7.45. The Labute approximate surface area is 135 Å². The number of carbonyl (C=O) groups is 1. The van der Waals surface area contributed by atoms with Crippen molar-refractivity contribution >= 4 is 21.6 Å². The third-order valence-electron chi connectivity index (χ3n) is 3.80. The number of sulfonamides is 1. The van der Waals surface area contributed by atoms with Gasteiger partial charge >= 0.3 is 0 Å². The van der Waals surface area contributed by atoms with E-state index in [1.54, 1.807) is 18.2 Å². The number of aryl methyl sites for hydroxylation is 1. The molecule has 120 valence electrons. The van der Waals surface area contributed by atoms with Crippen molar-refractivity contribution in [3.63, 3.8) is 0 Å². The number of rotatable bonds is 5. The number of nitrogens with one attached hydrogen (secondary N) is 2. The Morgan fingerprint density at radius 1 is 1.17 bits per heavy atom. The van der Waals surface area contributed by atoms with Crippen molar-refractivity contribution in [3.8, 4) is 0 Å². The maximum absolute atomic E-state index is 12.2. The molecule has 0 spiro atoms. The highest BCUT2D eigenvalue weighted by Gasteiger charge is 2.18. The van der Waals surface area contributed by atoms with Gasteiger partial charge in [-0.05, 0) is 48.2 Å². The number of benzene rings is 2. The molecule has 3 rings (SSSR count). The van der Waals surface area contributed by atoms with Crippen LogP contribution in [0.25, 0.3) is 0 Å². The third-order valence-corrected chi connectivity index (χ3v) is 5.26. The Hall–Kier alpha value is -2.18. The van der Waals surface area contributed by atoms with Gasteiger partial charge in [-0.25, -0.2) is 13.1 Å². The molecule has 0 fully saturated rings. The standard InChI is InChI=1S/C17H18N2O3S/c1-12-3-2-4-15(9-12)23(21,22)18-8-7-13-5-6-16-14(10-13)11-17(20)19-16/h2-6,9-10,18H,7-8,11H2,1H3,(H,19,20). The molecule has 0 saturated carbocycles. The monoisotopic (exact) mass is 330 g/mol. The molecule has 0 aliphatic carbocycles. The molecule has 23 heavy (non-hydrogen) atoms. The van der Waals surface area contributed by atoms with E-state index < -0.39 is 10.0 Å². The summed E-state index contributed by atoms with van der Waals surface area (Å²) in [6.45, 7) is 2.18. The van der Waals surface area contributed by atoms with Gasteiger partial charge in [0.15, 0.2) is 0 Å². The van der Waals surface area contributed by atoms with E-state index in [0.717, 1.165) is 22.4 Å². The van der Waals surface area contributed by atoms with Crippen molar-refractivity contribution in [3.05, 3.63) is 59.2 Å². The lowest BCUT2D eigenvalue weighted by atomic mass is 10.1. The van der Waals surface area contributed by atoms with Crippen molar-refractivity contribution in [2.75, 3.05) is 11.9 Å². The van der Waals surface area contributed by atoms with E-state index in [1.165, 1.54) is 0 Å². The highest BCUT2D eigenvalue weighted by atomic mass is 32.2. The molecule has 0 aromatic heterocycles. The van der Waals surface area contributed by atoms with Gasteiger partial charge < -0.3 is 5.32 Å². The van der Waals surface area contributed by atoms with E-state index in [9.17, 15) is 13.2 Å². The lowest BCUT2D eigenvalue weighted by molar-refractivity contribution is -0.115. The predicted octanol–water partition coefficient (Wildman–Crippen LogP) is 2.01. The second kappa shape index (κ2) is 6.14. The topological polar surface area (TPSA) is 75.3 Å². The summed E-state index contributed by atoms with van der Waals surface area (Å²) < 4.78 is 27.1. The van der Waals surface area contributed by atoms with Gasteiger partial charge in [-0.1, -0.05) is 24.3 Å². The quantitative estimate of drug-likeness (QED) is 0.880. The normalized spacial score (nSPS) is 13.7.